The molecule has 0 amide bonds. The van der Waals surface area contributed by atoms with Crippen molar-refractivity contribution in [2.24, 2.45) is 0 Å². The van der Waals surface area contributed by atoms with E-state index >= 15 is 0 Å². The van der Waals surface area contributed by atoms with Crippen LogP contribution in [0.3, 0.4) is 0 Å². The fourth-order valence-corrected chi connectivity index (χ4v) is 10.9. The summed E-state index contributed by atoms with van der Waals surface area (Å²) in [6, 6.07) is 43.0. The van der Waals surface area contributed by atoms with Gasteiger partial charge in [0.25, 0.3) is 0 Å². The van der Waals surface area contributed by atoms with Gasteiger partial charge in [-0.2, -0.15) is 0 Å². The van der Waals surface area contributed by atoms with E-state index < -0.39 is 27.4 Å². The van der Waals surface area contributed by atoms with E-state index in [0.29, 0.717) is 0 Å². The second-order valence-electron chi connectivity index (χ2n) is 11.4. The molecule has 2 heterocycles. The van der Waals surface area contributed by atoms with Crippen LogP contribution in [0.4, 0.5) is 0 Å². The molecule has 53 heavy (non-hydrogen) atoms. The van der Waals surface area contributed by atoms with Gasteiger partial charge in [0, 0.05) is 18.0 Å². The number of allylic oxidation sites excluding steroid dienone is 5. The van der Waals surface area contributed by atoms with Gasteiger partial charge in [-0.05, 0) is 66.4 Å². The van der Waals surface area contributed by atoms with Gasteiger partial charge >= 0.3 is 19.5 Å². The molecule has 0 unspecified atom stereocenters. The van der Waals surface area contributed by atoms with Gasteiger partial charge in [-0.25, -0.2) is 0 Å². The van der Waals surface area contributed by atoms with Crippen LogP contribution in [0.25, 0.3) is 0 Å². The number of carboxylic acid groups (broad SMARTS) is 2. The van der Waals surface area contributed by atoms with Crippen molar-refractivity contribution in [1.82, 2.24) is 0 Å². The molecule has 8 rings (SSSR count). The maximum atomic E-state index is 8.89. The normalized spacial score (nSPS) is 16.4. The Morgan fingerprint density at radius 1 is 0.660 bits per heavy atom. The number of fused-ring (bicyclic) bond motifs is 1. The molecule has 0 spiro atoms. The largest absolute Gasteiger partial charge is 2.00 e. The molecule has 0 radical (unpaired) electrons. The fourth-order valence-electron chi connectivity index (χ4n) is 5.94. The average molecular weight is 830 g/mol. The molecule has 2 aliphatic heterocycles. The van der Waals surface area contributed by atoms with E-state index in [0.717, 1.165) is 48.4 Å². The second kappa shape index (κ2) is 18.6. The van der Waals surface area contributed by atoms with E-state index in [9.17, 15) is 0 Å². The number of hydrogen-bond donors (Lipinski definition) is 0. The van der Waals surface area contributed by atoms with Gasteiger partial charge < -0.3 is 38.7 Å². The zero-order valence-corrected chi connectivity index (χ0v) is 32.3. The first kappa shape index (κ1) is 39.2. The number of ether oxygens (including phenoxy) is 4. The van der Waals surface area contributed by atoms with E-state index in [1.165, 1.54) is 31.8 Å². The van der Waals surface area contributed by atoms with E-state index in [1.54, 1.807) is 0 Å². The van der Waals surface area contributed by atoms with E-state index in [1.807, 2.05) is 0 Å². The van der Waals surface area contributed by atoms with Crippen molar-refractivity contribution in [3.63, 3.8) is 0 Å². The van der Waals surface area contributed by atoms with Crippen LogP contribution in [0.1, 0.15) is 13.8 Å². The number of aliphatic carboxylic acids is 2. The van der Waals surface area contributed by atoms with Crippen molar-refractivity contribution in [3.05, 3.63) is 185 Å². The molecular formula is C42H34O8P2Ru. The molecule has 0 saturated carbocycles. The molecule has 11 heteroatoms. The molecule has 0 aromatic heterocycles. The van der Waals surface area contributed by atoms with Crippen LogP contribution >= 0.6 is 15.5 Å². The van der Waals surface area contributed by atoms with Crippen LogP contribution in [-0.4, -0.2) is 30.8 Å². The smallest absolute Gasteiger partial charge is 0.550 e. The van der Waals surface area contributed by atoms with Crippen LogP contribution in [0.15, 0.2) is 179 Å². The zero-order chi connectivity index (χ0) is 36.5. The number of benzene rings is 4. The molecular weight excluding hydrogens is 795 g/mol. The molecule has 268 valence electrons. The summed E-state index contributed by atoms with van der Waals surface area (Å²) in [5, 5.41) is 25.2. The van der Waals surface area contributed by atoms with Crippen molar-refractivity contribution >= 4 is 53.9 Å². The third kappa shape index (κ3) is 9.32. The number of carboxylic acids is 2. The van der Waals surface area contributed by atoms with E-state index in [4.69, 9.17) is 38.7 Å². The molecule has 0 atom stereocenters. The summed E-state index contributed by atoms with van der Waals surface area (Å²) in [7, 11) is -1.94. The third-order valence-electron chi connectivity index (χ3n) is 7.82. The zero-order valence-electron chi connectivity index (χ0n) is 28.8. The van der Waals surface area contributed by atoms with Gasteiger partial charge in [-0.3, -0.25) is 0 Å². The number of rotatable bonds is 5. The number of carbonyl (C=O) groups is 2. The Bertz CT molecular complexity index is 2010. The van der Waals surface area contributed by atoms with Crippen LogP contribution in [0.2, 0.25) is 0 Å². The first-order valence-electron chi connectivity index (χ1n) is 16.3. The van der Waals surface area contributed by atoms with Crippen molar-refractivity contribution in [2.75, 3.05) is 13.6 Å². The van der Waals surface area contributed by atoms with Crippen LogP contribution < -0.4 is 31.4 Å². The molecule has 1 saturated heterocycles. The number of hydrogen-bond acceptors (Lipinski definition) is 8. The minimum absolute atomic E-state index is 0. The minimum atomic E-state index is -1.08. The monoisotopic (exact) mass is 830 g/mol. The average Bonchev–Trinajstić information content (AvgIpc) is 3.84. The second-order valence-corrected chi connectivity index (χ2v) is 15.8. The first-order valence-corrected chi connectivity index (χ1v) is 19.0. The van der Waals surface area contributed by atoms with Gasteiger partial charge in [0.05, 0.1) is 5.76 Å². The Balaban J connectivity index is 0.000000550. The standard InChI is InChI=1S/C38H28O4P2.2C2H4O2.Ru/c1-5-13-27(14-6-1)43(28-15-7-2-8-16-28)33-23-21-31-37(41-25-39-31)35(33)36-34(24-22-32-38(36)42-26-40-32)44(29-17-9-3-10-18-29)30-19-11-4-12-20-30;2*1-2(3)4;/h1-24H,25-26H2;2*1H3,(H,3,4);/q;;;+2/p-2/b36-35-;;;. The molecule has 4 aromatic rings. The van der Waals surface area contributed by atoms with Crippen molar-refractivity contribution in [3.8, 4) is 0 Å². The molecule has 4 aromatic carbocycles. The Morgan fingerprint density at radius 2 is 1.15 bits per heavy atom. The summed E-state index contributed by atoms with van der Waals surface area (Å²) in [6.45, 7) is 2.29. The summed E-state index contributed by atoms with van der Waals surface area (Å²) in [5.41, 5.74) is 2.02. The van der Waals surface area contributed by atoms with Gasteiger partial charge in [0.15, 0.2) is 30.7 Å². The molecule has 0 N–H and O–H groups in total. The summed E-state index contributed by atoms with van der Waals surface area (Å²) in [4.78, 5) is 17.8. The Hall–Kier alpha value is -5.03. The predicted octanol–water partition coefficient (Wildman–Crippen LogP) is 4.33. The Labute approximate surface area is 323 Å². The maximum absolute atomic E-state index is 8.89. The van der Waals surface area contributed by atoms with Gasteiger partial charge in [-0.15, -0.1) is 6.08 Å². The summed E-state index contributed by atoms with van der Waals surface area (Å²) >= 11 is 0. The number of carbonyl (C=O) groups excluding carboxylic acids is 2. The van der Waals surface area contributed by atoms with Crippen molar-refractivity contribution < 1.29 is 58.2 Å². The molecule has 4 aliphatic rings. The minimum Gasteiger partial charge on any atom is -0.550 e. The quantitative estimate of drug-likeness (QED) is 0.166. The van der Waals surface area contributed by atoms with E-state index in [2.05, 4.69) is 146 Å². The Kier molecular flexibility index (Phi) is 13.8. The summed E-state index contributed by atoms with van der Waals surface area (Å²) < 4.78 is 24.7. The molecule has 0 bridgehead atoms. The van der Waals surface area contributed by atoms with Crippen LogP contribution in [0, 0.1) is 6.10 Å². The van der Waals surface area contributed by atoms with Crippen LogP contribution in [0.5, 0.6) is 0 Å². The predicted molar refractivity (Wildman–Crippen MR) is 201 cm³/mol. The van der Waals surface area contributed by atoms with Crippen molar-refractivity contribution in [1.29, 1.82) is 0 Å². The van der Waals surface area contributed by atoms with Crippen molar-refractivity contribution in [2.45, 2.75) is 13.8 Å². The SMILES string of the molecule is C1=CC(=[P+](c2ccccc2)c2ccccc2)/C(=C2\C(P(c3ccccc3)c3ccccc3)=CC=C3OCO[C-]32)C2=C1OCO2.CC(=O)[O-].CC(=O)[O-].[Ru+2]. The molecule has 8 nitrogen and oxygen atoms in total. The van der Waals surface area contributed by atoms with E-state index in [-0.39, 0.29) is 33.1 Å². The van der Waals surface area contributed by atoms with Crippen LogP contribution in [-0.2, 0) is 48.0 Å². The van der Waals surface area contributed by atoms with Gasteiger partial charge in [-0.1, -0.05) is 122 Å². The van der Waals surface area contributed by atoms with Gasteiger partial charge in [0.1, 0.15) is 11.1 Å². The molecule has 2 aliphatic carbocycles. The Morgan fingerprint density at radius 3 is 1.66 bits per heavy atom. The topological polar surface area (TPSA) is 117 Å². The molecule has 1 fully saturated rings. The summed E-state index contributed by atoms with van der Waals surface area (Å²) in [6.07, 6.45) is 9.31. The fraction of sp³-hybridized carbons (Fsp3) is 0.0952. The summed E-state index contributed by atoms with van der Waals surface area (Å²) in [5.74, 6) is 0.0696. The van der Waals surface area contributed by atoms with Gasteiger partial charge in [0.2, 0.25) is 6.79 Å². The third-order valence-corrected chi connectivity index (χ3v) is 12.8. The first-order chi connectivity index (χ1) is 25.3. The maximum Gasteiger partial charge on any atom is 2.00 e.